The zero-order valence-electron chi connectivity index (χ0n) is 12.1. The van der Waals surface area contributed by atoms with E-state index in [0.717, 1.165) is 18.4 Å². The second-order valence-electron chi connectivity index (χ2n) is 6.82. The zero-order chi connectivity index (χ0) is 13.3. The number of benzene rings is 1. The number of phenolic OH excluding ortho intramolecular Hbond substituents is 1. The maximum atomic E-state index is 9.73. The van der Waals surface area contributed by atoms with Gasteiger partial charge in [-0.3, -0.25) is 0 Å². The summed E-state index contributed by atoms with van der Waals surface area (Å²) in [6.07, 6.45) is 2.01. The van der Waals surface area contributed by atoms with Crippen molar-refractivity contribution in [1.29, 1.82) is 0 Å². The fraction of sp³-hybridized carbons (Fsp3) is 0.625. The van der Waals surface area contributed by atoms with Gasteiger partial charge in [-0.15, -0.1) is 0 Å². The molecule has 0 fully saturated rings. The van der Waals surface area contributed by atoms with Gasteiger partial charge in [-0.05, 0) is 40.9 Å². The Labute approximate surface area is 106 Å². The molecule has 96 valence electrons. The van der Waals surface area contributed by atoms with Crippen LogP contribution in [0.25, 0.3) is 0 Å². The van der Waals surface area contributed by atoms with E-state index in [2.05, 4.69) is 53.7 Å². The summed E-state index contributed by atoms with van der Waals surface area (Å²) in [6.45, 7) is 13.5. The highest BCUT2D eigenvalue weighted by Crippen LogP contribution is 2.37. The van der Waals surface area contributed by atoms with Crippen molar-refractivity contribution in [3.63, 3.8) is 0 Å². The fourth-order valence-electron chi connectivity index (χ4n) is 2.72. The molecule has 0 saturated heterocycles. The summed E-state index contributed by atoms with van der Waals surface area (Å²) in [7, 11) is 0. The molecule has 0 amide bonds. The van der Waals surface area contributed by atoms with Crippen LogP contribution in [-0.2, 0) is 11.8 Å². The third-order valence-electron chi connectivity index (χ3n) is 3.21. The second-order valence-corrected chi connectivity index (χ2v) is 6.82. The lowest BCUT2D eigenvalue weighted by Gasteiger charge is -2.33. The minimum atomic E-state index is 0.149. The SMILES string of the molecule is CCc1cc(C(C)(C)CC(C)(C)C)ccc1O. The minimum absolute atomic E-state index is 0.149. The van der Waals surface area contributed by atoms with Gasteiger partial charge < -0.3 is 5.11 Å². The summed E-state index contributed by atoms with van der Waals surface area (Å²) in [5, 5.41) is 9.73. The number of hydrogen-bond donors (Lipinski definition) is 1. The molecule has 0 atom stereocenters. The largest absolute Gasteiger partial charge is 0.508 e. The second kappa shape index (κ2) is 4.72. The van der Waals surface area contributed by atoms with Gasteiger partial charge in [0.1, 0.15) is 5.75 Å². The summed E-state index contributed by atoms with van der Waals surface area (Å²) in [4.78, 5) is 0. The lowest BCUT2D eigenvalue weighted by Crippen LogP contribution is -2.24. The van der Waals surface area contributed by atoms with Crippen LogP contribution in [0.2, 0.25) is 0 Å². The Morgan fingerprint density at radius 2 is 1.65 bits per heavy atom. The van der Waals surface area contributed by atoms with Crippen molar-refractivity contribution >= 4 is 0 Å². The van der Waals surface area contributed by atoms with E-state index in [9.17, 15) is 5.11 Å². The quantitative estimate of drug-likeness (QED) is 0.806. The van der Waals surface area contributed by atoms with E-state index >= 15 is 0 Å². The topological polar surface area (TPSA) is 20.2 Å². The maximum absolute atomic E-state index is 9.73. The number of rotatable bonds is 3. The molecule has 1 rings (SSSR count). The smallest absolute Gasteiger partial charge is 0.118 e. The van der Waals surface area contributed by atoms with E-state index in [0.29, 0.717) is 11.2 Å². The number of aromatic hydroxyl groups is 1. The van der Waals surface area contributed by atoms with Crippen LogP contribution in [0.4, 0.5) is 0 Å². The summed E-state index contributed by atoms with van der Waals surface area (Å²) in [5.41, 5.74) is 2.83. The molecule has 0 bridgehead atoms. The predicted molar refractivity (Wildman–Crippen MR) is 74.6 cm³/mol. The molecule has 1 heteroatoms. The van der Waals surface area contributed by atoms with Crippen LogP contribution in [0.1, 0.15) is 59.1 Å². The van der Waals surface area contributed by atoms with Gasteiger partial charge in [-0.2, -0.15) is 0 Å². The van der Waals surface area contributed by atoms with Gasteiger partial charge in [-0.25, -0.2) is 0 Å². The van der Waals surface area contributed by atoms with Crippen molar-refractivity contribution in [2.24, 2.45) is 5.41 Å². The van der Waals surface area contributed by atoms with Crippen molar-refractivity contribution < 1.29 is 5.11 Å². The summed E-state index contributed by atoms with van der Waals surface area (Å²) < 4.78 is 0. The molecule has 0 radical (unpaired) electrons. The molecule has 0 aromatic heterocycles. The Kier molecular flexibility index (Phi) is 3.91. The van der Waals surface area contributed by atoms with Gasteiger partial charge in [0.2, 0.25) is 0 Å². The minimum Gasteiger partial charge on any atom is -0.508 e. The van der Waals surface area contributed by atoms with Crippen LogP contribution in [0.3, 0.4) is 0 Å². The Morgan fingerprint density at radius 3 is 2.12 bits per heavy atom. The first kappa shape index (κ1) is 14.1. The molecule has 0 saturated carbocycles. The summed E-state index contributed by atoms with van der Waals surface area (Å²) >= 11 is 0. The third-order valence-corrected chi connectivity index (χ3v) is 3.21. The Morgan fingerprint density at radius 1 is 1.06 bits per heavy atom. The molecular weight excluding hydrogens is 208 g/mol. The normalized spacial score (nSPS) is 12.8. The predicted octanol–water partition coefficient (Wildman–Crippen LogP) is 4.67. The number of hydrogen-bond acceptors (Lipinski definition) is 1. The first-order valence-electron chi connectivity index (χ1n) is 6.48. The lowest BCUT2D eigenvalue weighted by molar-refractivity contribution is 0.284. The Balaban J connectivity index is 3.06. The number of phenols is 1. The van der Waals surface area contributed by atoms with Crippen molar-refractivity contribution in [2.45, 2.75) is 59.8 Å². The van der Waals surface area contributed by atoms with Gasteiger partial charge in [0.25, 0.3) is 0 Å². The molecular formula is C16H26O. The molecule has 0 aliphatic heterocycles. The van der Waals surface area contributed by atoms with Crippen molar-refractivity contribution in [3.8, 4) is 5.75 Å². The third kappa shape index (κ3) is 3.76. The van der Waals surface area contributed by atoms with Gasteiger partial charge in [0, 0.05) is 0 Å². The first-order chi connectivity index (χ1) is 7.65. The first-order valence-corrected chi connectivity index (χ1v) is 6.48. The van der Waals surface area contributed by atoms with Crippen LogP contribution in [-0.4, -0.2) is 5.11 Å². The van der Waals surface area contributed by atoms with Crippen molar-refractivity contribution in [1.82, 2.24) is 0 Å². The van der Waals surface area contributed by atoms with Crippen molar-refractivity contribution in [2.75, 3.05) is 0 Å². The highest BCUT2D eigenvalue weighted by molar-refractivity contribution is 5.39. The molecule has 0 heterocycles. The number of aryl methyl sites for hydroxylation is 1. The van der Waals surface area contributed by atoms with E-state index in [-0.39, 0.29) is 5.41 Å². The summed E-state index contributed by atoms with van der Waals surface area (Å²) in [6, 6.07) is 6.04. The molecule has 1 aromatic rings. The van der Waals surface area contributed by atoms with E-state index < -0.39 is 0 Å². The van der Waals surface area contributed by atoms with Crippen LogP contribution >= 0.6 is 0 Å². The summed E-state index contributed by atoms with van der Waals surface area (Å²) in [5.74, 6) is 0.419. The van der Waals surface area contributed by atoms with Gasteiger partial charge in [-0.1, -0.05) is 53.7 Å². The van der Waals surface area contributed by atoms with Gasteiger partial charge in [0.15, 0.2) is 0 Å². The molecule has 0 unspecified atom stereocenters. The molecule has 0 aliphatic carbocycles. The van der Waals surface area contributed by atoms with E-state index in [4.69, 9.17) is 0 Å². The van der Waals surface area contributed by atoms with Crippen LogP contribution in [0, 0.1) is 5.41 Å². The van der Waals surface area contributed by atoms with E-state index in [1.807, 2.05) is 6.07 Å². The average molecular weight is 234 g/mol. The fourth-order valence-corrected chi connectivity index (χ4v) is 2.72. The molecule has 1 aromatic carbocycles. The van der Waals surface area contributed by atoms with Crippen LogP contribution in [0.5, 0.6) is 5.75 Å². The molecule has 0 spiro atoms. The monoisotopic (exact) mass is 234 g/mol. The van der Waals surface area contributed by atoms with Crippen molar-refractivity contribution in [3.05, 3.63) is 29.3 Å². The van der Waals surface area contributed by atoms with Crippen LogP contribution < -0.4 is 0 Å². The van der Waals surface area contributed by atoms with E-state index in [1.165, 1.54) is 5.56 Å². The van der Waals surface area contributed by atoms with Gasteiger partial charge >= 0.3 is 0 Å². The molecule has 1 N–H and O–H groups in total. The highest BCUT2D eigenvalue weighted by Gasteiger charge is 2.27. The van der Waals surface area contributed by atoms with Crippen LogP contribution in [0.15, 0.2) is 18.2 Å². The van der Waals surface area contributed by atoms with Gasteiger partial charge in [0.05, 0.1) is 0 Å². The zero-order valence-corrected chi connectivity index (χ0v) is 12.1. The average Bonchev–Trinajstić information content (AvgIpc) is 2.14. The molecule has 0 aliphatic rings. The highest BCUT2D eigenvalue weighted by atomic mass is 16.3. The lowest BCUT2D eigenvalue weighted by atomic mass is 9.72. The maximum Gasteiger partial charge on any atom is 0.118 e. The standard InChI is InChI=1S/C16H26O/c1-7-12-10-13(8-9-14(12)17)16(5,6)11-15(2,3)4/h8-10,17H,7,11H2,1-6H3. The Hall–Kier alpha value is -0.980. The molecule has 1 nitrogen and oxygen atoms in total. The molecule has 17 heavy (non-hydrogen) atoms. The van der Waals surface area contributed by atoms with E-state index in [1.54, 1.807) is 0 Å². The Bertz CT molecular complexity index is 383.